The van der Waals surface area contributed by atoms with E-state index in [1.165, 1.54) is 83.3 Å². The molecule has 8 rings (SSSR count). The number of piperidine rings is 1. The molecule has 3 heterocycles. The first-order valence-electron chi connectivity index (χ1n) is 32.6. The van der Waals surface area contributed by atoms with Crippen molar-refractivity contribution in [3.05, 3.63) is 167 Å². The molecule has 0 unspecified atom stereocenters. The first-order chi connectivity index (χ1) is 47.0. The number of cyclic esters (lactones) is 2. The number of aryl methyl sites for hydroxylation is 1. The van der Waals surface area contributed by atoms with E-state index >= 15 is 9.18 Å². The number of amides is 7. The predicted molar refractivity (Wildman–Crippen MR) is 356 cm³/mol. The average molecular weight is 1350 g/mol. The van der Waals surface area contributed by atoms with Gasteiger partial charge >= 0.3 is 18.0 Å². The minimum atomic E-state index is -1.57. The van der Waals surface area contributed by atoms with Crippen LogP contribution in [-0.2, 0) is 83.0 Å². The van der Waals surface area contributed by atoms with E-state index < -0.39 is 121 Å². The van der Waals surface area contributed by atoms with Gasteiger partial charge in [-0.25, -0.2) is 18.8 Å². The highest BCUT2D eigenvalue weighted by molar-refractivity contribution is 6.38. The summed E-state index contributed by atoms with van der Waals surface area (Å²) in [6, 6.07) is 27.7. The maximum absolute atomic E-state index is 16.1. The second-order valence-electron chi connectivity index (χ2n) is 25.0. The van der Waals surface area contributed by atoms with Gasteiger partial charge in [-0.2, -0.15) is 0 Å². The third-order valence-electron chi connectivity index (χ3n) is 17.3. The molecule has 25 heteroatoms. The number of esters is 2. The van der Waals surface area contributed by atoms with Crippen LogP contribution in [0.4, 0.5) is 9.18 Å². The highest BCUT2D eigenvalue weighted by atomic mass is 19.1. The van der Waals surface area contributed by atoms with Gasteiger partial charge in [0.05, 0.1) is 39.4 Å². The Bertz CT molecular complexity index is 3660. The van der Waals surface area contributed by atoms with Gasteiger partial charge in [-0.3, -0.25) is 33.6 Å². The number of Topliss-reactive ketones (excluding diaryl/α,β-unsaturated/α-hetero) is 1. The summed E-state index contributed by atoms with van der Waals surface area (Å²) >= 11 is 0. The summed E-state index contributed by atoms with van der Waals surface area (Å²) in [5, 5.41) is 5.67. The lowest BCUT2D eigenvalue weighted by atomic mass is 9.87. The maximum Gasteiger partial charge on any atom is 0.415 e. The number of hydrogen-bond acceptors (Lipinski definition) is 17. The van der Waals surface area contributed by atoms with E-state index in [2.05, 4.69) is 10.6 Å². The van der Waals surface area contributed by atoms with Crippen molar-refractivity contribution >= 4 is 59.3 Å². The number of fused-ring (bicyclic) bond motifs is 3. The number of hydrogen-bond donors (Lipinski definition) is 2. The number of ketones is 1. The molecule has 2 fully saturated rings. The summed E-state index contributed by atoms with van der Waals surface area (Å²) in [5.41, 5.74) is 1.11. The van der Waals surface area contributed by atoms with Gasteiger partial charge < -0.3 is 68.3 Å². The van der Waals surface area contributed by atoms with Gasteiger partial charge in [0.15, 0.2) is 18.1 Å². The van der Waals surface area contributed by atoms with E-state index in [1.807, 2.05) is 0 Å². The quantitative estimate of drug-likeness (QED) is 0.104. The van der Waals surface area contributed by atoms with E-state index in [0.29, 0.717) is 61.8 Å². The zero-order valence-corrected chi connectivity index (χ0v) is 56.4. The Morgan fingerprint density at radius 3 is 1.97 bits per heavy atom. The maximum atomic E-state index is 16.1. The number of carbonyl (C=O) groups is 10. The van der Waals surface area contributed by atoms with Gasteiger partial charge in [0.2, 0.25) is 29.4 Å². The van der Waals surface area contributed by atoms with E-state index in [1.54, 1.807) is 91.0 Å². The summed E-state index contributed by atoms with van der Waals surface area (Å²) < 4.78 is 55.9. The van der Waals surface area contributed by atoms with Crippen molar-refractivity contribution in [1.29, 1.82) is 0 Å². The molecule has 5 aromatic rings. The molecule has 0 radical (unpaired) electrons. The SMILES string of the molecule is COc1ccc(CC[C@H]2OC(=O)[C@@H]3CCCCN3C(=O)C(=O)C(C)(C)COC(=O)C=CCCN(C)C(=O)[C@@H](Cc3ccccc3)NC(=O)CN(C)C(=O)[C@@H](Cc3ccccc3)NC(=O)[C@H](Cc3ccc(OC(=O)N4CCOCC4)cc3)N(C)C(=O)COc3cc(F)cc2c3)cc1OC. The average Bonchev–Trinajstić information content (AvgIpc) is 0.810. The fourth-order valence-electron chi connectivity index (χ4n) is 11.6. The van der Waals surface area contributed by atoms with E-state index in [9.17, 15) is 43.2 Å². The highest BCUT2D eigenvalue weighted by Crippen LogP contribution is 2.34. The highest BCUT2D eigenvalue weighted by Gasteiger charge is 2.43. The number of carbonyl (C=O) groups excluding carboxylic acids is 10. The van der Waals surface area contributed by atoms with Crippen LogP contribution in [-0.4, -0.2) is 202 Å². The van der Waals surface area contributed by atoms with Crippen molar-refractivity contribution in [2.24, 2.45) is 5.41 Å². The molecule has 5 atom stereocenters. The number of ether oxygens (including phenoxy) is 7. The van der Waals surface area contributed by atoms with Crippen LogP contribution in [0.25, 0.3) is 0 Å². The molecular formula is C73H86FN7O17. The third-order valence-corrected chi connectivity index (χ3v) is 17.3. The molecule has 2 bridgehead atoms. The number of benzene rings is 5. The molecular weight excluding hydrogens is 1270 g/mol. The zero-order valence-electron chi connectivity index (χ0n) is 56.4. The fourth-order valence-corrected chi connectivity index (χ4v) is 11.6. The molecule has 7 amide bonds. The van der Waals surface area contributed by atoms with Crippen LogP contribution in [0.1, 0.15) is 79.9 Å². The monoisotopic (exact) mass is 1350 g/mol. The van der Waals surface area contributed by atoms with E-state index in [0.717, 1.165) is 44.0 Å². The fraction of sp³-hybridized carbons (Fsp3) is 0.425. The summed E-state index contributed by atoms with van der Waals surface area (Å²) in [5.74, 6) is -7.03. The molecule has 0 spiro atoms. The Morgan fingerprint density at radius 1 is 0.673 bits per heavy atom. The Kier molecular flexibility index (Phi) is 26.4. The number of methoxy groups -OCH3 is 2. The summed E-state index contributed by atoms with van der Waals surface area (Å²) in [7, 11) is 7.23. The number of morpholine rings is 1. The molecule has 98 heavy (non-hydrogen) atoms. The third kappa shape index (κ3) is 20.7. The number of halogens is 1. The van der Waals surface area contributed by atoms with Crippen molar-refractivity contribution in [2.75, 3.05) is 94.5 Å². The molecule has 3 aliphatic heterocycles. The lowest BCUT2D eigenvalue weighted by Gasteiger charge is -2.36. The molecule has 522 valence electrons. The Morgan fingerprint density at radius 2 is 1.31 bits per heavy atom. The smallest absolute Gasteiger partial charge is 0.415 e. The van der Waals surface area contributed by atoms with Gasteiger partial charge in [0.1, 0.15) is 54.2 Å². The van der Waals surface area contributed by atoms with Gasteiger partial charge in [-0.1, -0.05) is 84.9 Å². The Balaban J connectivity index is 1.13. The molecule has 0 saturated carbocycles. The Labute approximate surface area is 569 Å². The molecule has 0 aromatic heterocycles. The molecule has 3 aliphatic rings. The van der Waals surface area contributed by atoms with Crippen molar-refractivity contribution in [2.45, 2.75) is 102 Å². The number of nitrogens with zero attached hydrogens (tertiary/aromatic N) is 5. The second-order valence-corrected chi connectivity index (χ2v) is 25.0. The summed E-state index contributed by atoms with van der Waals surface area (Å²) in [4.78, 5) is 148. The largest absolute Gasteiger partial charge is 0.493 e. The van der Waals surface area contributed by atoms with Crippen LogP contribution in [0, 0.1) is 11.2 Å². The van der Waals surface area contributed by atoms with Crippen molar-refractivity contribution < 1.29 is 85.5 Å². The molecule has 5 aromatic carbocycles. The summed E-state index contributed by atoms with van der Waals surface area (Å²) in [6.07, 6.45) is 2.09. The van der Waals surface area contributed by atoms with Crippen molar-refractivity contribution in [1.82, 2.24) is 35.1 Å². The number of nitrogens with one attached hydrogen (secondary N) is 2. The molecule has 24 nitrogen and oxygen atoms in total. The van der Waals surface area contributed by atoms with E-state index in [4.69, 9.17) is 33.2 Å². The van der Waals surface area contributed by atoms with E-state index in [-0.39, 0.29) is 75.1 Å². The lowest BCUT2D eigenvalue weighted by molar-refractivity contribution is -0.165. The van der Waals surface area contributed by atoms with Gasteiger partial charge in [-0.15, -0.1) is 0 Å². The first-order valence-corrected chi connectivity index (χ1v) is 32.6. The minimum Gasteiger partial charge on any atom is -0.493 e. The van der Waals surface area contributed by atoms with Crippen LogP contribution in [0.5, 0.6) is 23.0 Å². The van der Waals surface area contributed by atoms with Crippen LogP contribution in [0.2, 0.25) is 0 Å². The molecule has 2 saturated heterocycles. The van der Waals surface area contributed by atoms with Crippen LogP contribution in [0.15, 0.2) is 133 Å². The standard InChI is InChI=1S/C73H86FN7O17/c1-73(2)47-96-65(84)23-15-16-32-77(3)68(87)56(38-48-18-10-8-11-19-48)75-63(82)45-78(4)69(88)57(39-49-20-12-9-13-21-49)76-67(86)59(40-50-24-28-54(29-25-50)97-72(91)80-34-36-94-37-35-80)79(5)64(83)46-95-55-43-52(42-53(74)44-55)60(30-26-51-27-31-61(92-6)62(41-51)93-7)98-71(90)58-22-14-17-33-81(58)70(89)66(73)85/h8-13,15,18-21,23-25,27-29,31,41-44,56-60H,14,16-17,22,26,30,32-40,45-47H2,1-7H3,(H,75,82)(H,76,86)/t56-,57-,58+,59+,60-/m1/s1. The molecule has 2 N–H and O–H groups in total. The summed E-state index contributed by atoms with van der Waals surface area (Å²) in [6.45, 7) is 2.51. The van der Waals surface area contributed by atoms with Crippen LogP contribution >= 0.6 is 0 Å². The number of likely N-dealkylation sites (N-methyl/N-ethyl adjacent to an activating group) is 3. The van der Waals surface area contributed by atoms with Gasteiger partial charge in [-0.05, 0) is 117 Å². The van der Waals surface area contributed by atoms with Crippen molar-refractivity contribution in [3.63, 3.8) is 0 Å². The topological polar surface area (TPSA) is 276 Å². The second kappa shape index (κ2) is 35.2. The lowest BCUT2D eigenvalue weighted by Crippen LogP contribution is -2.57. The minimum absolute atomic E-state index is 0.0153. The Hall–Kier alpha value is -10.2. The first kappa shape index (κ1) is 73.6. The number of rotatable bonds is 12. The van der Waals surface area contributed by atoms with Gasteiger partial charge in [0, 0.05) is 78.7 Å². The van der Waals surface area contributed by atoms with Crippen LogP contribution in [0.3, 0.4) is 0 Å². The van der Waals surface area contributed by atoms with Gasteiger partial charge in [0.25, 0.3) is 11.8 Å². The molecule has 0 aliphatic carbocycles. The normalized spacial score (nSPS) is 21.2. The predicted octanol–water partition coefficient (Wildman–Crippen LogP) is 6.19. The van der Waals surface area contributed by atoms with Crippen molar-refractivity contribution in [3.8, 4) is 23.0 Å². The zero-order chi connectivity index (χ0) is 70.5. The van der Waals surface area contributed by atoms with Crippen LogP contribution < -0.4 is 29.6 Å².